The number of hydrogen-bond acceptors (Lipinski definition) is 1. The molecular weight excluding hydrogens is 248 g/mol. The van der Waals surface area contributed by atoms with Crippen LogP contribution in [0.25, 0.3) is 0 Å². The molecule has 0 N–H and O–H groups in total. The van der Waals surface area contributed by atoms with Crippen LogP contribution in [-0.2, 0) is 0 Å². The van der Waals surface area contributed by atoms with Gasteiger partial charge in [-0.25, -0.2) is 0 Å². The van der Waals surface area contributed by atoms with E-state index in [1.165, 1.54) is 27.1 Å². The van der Waals surface area contributed by atoms with Gasteiger partial charge in [-0.3, -0.25) is 4.79 Å². The number of aldehydes is 1. The first-order valence-corrected chi connectivity index (χ1v) is 8.05. The Morgan fingerprint density at radius 1 is 0.895 bits per heavy atom. The molecular formula is C17H20OSi. The number of aryl methyl sites for hydroxylation is 3. The van der Waals surface area contributed by atoms with Gasteiger partial charge in [-0.1, -0.05) is 41.1 Å². The van der Waals surface area contributed by atoms with Crippen molar-refractivity contribution in [2.24, 2.45) is 0 Å². The van der Waals surface area contributed by atoms with Crippen molar-refractivity contribution in [3.05, 3.63) is 58.1 Å². The highest BCUT2D eigenvalue weighted by molar-refractivity contribution is 6.69. The maximum atomic E-state index is 11.4. The van der Waals surface area contributed by atoms with Gasteiger partial charge in [0.05, 0.1) is 9.52 Å². The molecule has 0 aliphatic heterocycles. The first kappa shape index (κ1) is 13.8. The molecule has 0 saturated carbocycles. The van der Waals surface area contributed by atoms with Crippen LogP contribution in [0.1, 0.15) is 32.6 Å². The van der Waals surface area contributed by atoms with Crippen molar-refractivity contribution in [1.29, 1.82) is 0 Å². The Balaban J connectivity index is 2.52. The van der Waals surface area contributed by atoms with Gasteiger partial charge in [0.1, 0.15) is 6.29 Å². The van der Waals surface area contributed by atoms with E-state index in [1.54, 1.807) is 0 Å². The molecule has 0 aliphatic rings. The summed E-state index contributed by atoms with van der Waals surface area (Å²) in [4.78, 5) is 11.4. The molecule has 0 spiro atoms. The Morgan fingerprint density at radius 2 is 1.58 bits per heavy atom. The average molecular weight is 268 g/mol. The fraction of sp³-hybridized carbons (Fsp3) is 0.235. The molecule has 0 fully saturated rings. The summed E-state index contributed by atoms with van der Waals surface area (Å²) < 4.78 is 0. The molecule has 0 radical (unpaired) electrons. The molecule has 1 nitrogen and oxygen atoms in total. The minimum Gasteiger partial charge on any atom is -0.298 e. The predicted octanol–water partition coefficient (Wildman–Crippen LogP) is 1.85. The highest BCUT2D eigenvalue weighted by Gasteiger charge is 2.11. The molecule has 0 saturated heterocycles. The first-order valence-electron chi connectivity index (χ1n) is 6.64. The Bertz CT molecular complexity index is 629. The maximum Gasteiger partial charge on any atom is 0.150 e. The van der Waals surface area contributed by atoms with Crippen molar-refractivity contribution in [1.82, 2.24) is 0 Å². The van der Waals surface area contributed by atoms with Gasteiger partial charge >= 0.3 is 0 Å². The van der Waals surface area contributed by atoms with E-state index in [0.717, 1.165) is 17.4 Å². The summed E-state index contributed by atoms with van der Waals surface area (Å²) in [6.07, 6.45) is 1.02. The van der Waals surface area contributed by atoms with Crippen molar-refractivity contribution < 1.29 is 4.79 Å². The number of carbonyl (C=O) groups is 1. The Morgan fingerprint density at radius 3 is 2.26 bits per heavy atom. The molecule has 2 aromatic carbocycles. The quantitative estimate of drug-likeness (QED) is 0.613. The van der Waals surface area contributed by atoms with Crippen molar-refractivity contribution in [2.45, 2.75) is 27.7 Å². The third-order valence-electron chi connectivity index (χ3n) is 4.01. The van der Waals surface area contributed by atoms with Crippen LogP contribution in [0.15, 0.2) is 30.3 Å². The first-order chi connectivity index (χ1) is 9.04. The molecule has 0 heterocycles. The molecule has 98 valence electrons. The fourth-order valence-electron chi connectivity index (χ4n) is 2.48. The van der Waals surface area contributed by atoms with Gasteiger partial charge in [0.15, 0.2) is 0 Å². The smallest absolute Gasteiger partial charge is 0.150 e. The zero-order valence-corrected chi connectivity index (χ0v) is 13.5. The van der Waals surface area contributed by atoms with E-state index in [1.807, 2.05) is 13.0 Å². The lowest BCUT2D eigenvalue weighted by Crippen LogP contribution is -2.34. The van der Waals surface area contributed by atoms with E-state index in [9.17, 15) is 4.79 Å². The highest BCUT2D eigenvalue weighted by Crippen LogP contribution is 2.07. The maximum absolute atomic E-state index is 11.4. The molecule has 2 rings (SSSR count). The average Bonchev–Trinajstić information content (AvgIpc) is 2.39. The summed E-state index contributed by atoms with van der Waals surface area (Å²) in [5.41, 5.74) is 5.97. The Kier molecular flexibility index (Phi) is 4.01. The molecule has 0 atom stereocenters. The summed E-state index contributed by atoms with van der Waals surface area (Å²) in [5, 5.41) is 2.74. The topological polar surface area (TPSA) is 17.1 Å². The van der Waals surface area contributed by atoms with Gasteiger partial charge in [0.2, 0.25) is 0 Å². The van der Waals surface area contributed by atoms with Gasteiger partial charge in [-0.2, -0.15) is 0 Å². The molecule has 2 aromatic rings. The summed E-state index contributed by atoms with van der Waals surface area (Å²) in [7, 11) is -0.606. The Labute approximate surface area is 117 Å². The van der Waals surface area contributed by atoms with Crippen LogP contribution in [0, 0.1) is 27.7 Å². The molecule has 0 bridgehead atoms. The second kappa shape index (κ2) is 5.53. The molecule has 0 aliphatic carbocycles. The second-order valence-electron chi connectivity index (χ2n) is 5.25. The third kappa shape index (κ3) is 2.69. The molecule has 19 heavy (non-hydrogen) atoms. The number of carbonyl (C=O) groups excluding carboxylic acids is 1. The van der Waals surface area contributed by atoms with Crippen molar-refractivity contribution in [3.63, 3.8) is 0 Å². The van der Waals surface area contributed by atoms with Crippen molar-refractivity contribution in [2.75, 3.05) is 0 Å². The van der Waals surface area contributed by atoms with E-state index in [0.29, 0.717) is 0 Å². The normalized spacial score (nSPS) is 11.2. The van der Waals surface area contributed by atoms with E-state index in [2.05, 4.69) is 45.0 Å². The van der Waals surface area contributed by atoms with Crippen molar-refractivity contribution in [3.8, 4) is 0 Å². The lowest BCUT2D eigenvalue weighted by atomic mass is 10.1. The van der Waals surface area contributed by atoms with Crippen LogP contribution in [0.4, 0.5) is 0 Å². The summed E-state index contributed by atoms with van der Waals surface area (Å²) in [5.74, 6) is 0. The van der Waals surface area contributed by atoms with Crippen LogP contribution in [0.3, 0.4) is 0 Å². The molecule has 0 unspecified atom stereocenters. The molecule has 2 heteroatoms. The SMILES string of the molecule is Cc1cccc([SiH2]c2c(C)ccc(C)c2C=O)c1C. The largest absolute Gasteiger partial charge is 0.298 e. The van der Waals surface area contributed by atoms with Gasteiger partial charge in [-0.05, 0) is 49.6 Å². The van der Waals surface area contributed by atoms with E-state index in [4.69, 9.17) is 0 Å². The van der Waals surface area contributed by atoms with Crippen LogP contribution in [0.5, 0.6) is 0 Å². The highest BCUT2D eigenvalue weighted by atomic mass is 28.2. The van der Waals surface area contributed by atoms with E-state index < -0.39 is 9.52 Å². The summed E-state index contributed by atoms with van der Waals surface area (Å²) >= 11 is 0. The standard InChI is InChI=1S/C17H20OSi/c1-11-6-5-7-16(14(11)4)19-17-13(3)9-8-12(2)15(17)10-18/h5-10H,19H2,1-4H3. The van der Waals surface area contributed by atoms with Gasteiger partial charge in [-0.15, -0.1) is 0 Å². The van der Waals surface area contributed by atoms with E-state index >= 15 is 0 Å². The number of benzene rings is 2. The third-order valence-corrected chi connectivity index (χ3v) is 6.45. The zero-order chi connectivity index (χ0) is 14.0. The molecule has 0 amide bonds. The number of hydrogen-bond donors (Lipinski definition) is 0. The van der Waals surface area contributed by atoms with Gasteiger partial charge < -0.3 is 0 Å². The minimum absolute atomic E-state index is 0.606. The van der Waals surface area contributed by atoms with Crippen LogP contribution in [0.2, 0.25) is 0 Å². The Hall–Kier alpha value is -1.67. The predicted molar refractivity (Wildman–Crippen MR) is 85.0 cm³/mol. The van der Waals surface area contributed by atoms with Crippen LogP contribution >= 0.6 is 0 Å². The van der Waals surface area contributed by atoms with Gasteiger partial charge in [0.25, 0.3) is 0 Å². The molecule has 0 aromatic heterocycles. The summed E-state index contributed by atoms with van der Waals surface area (Å²) in [6, 6.07) is 10.7. The lowest BCUT2D eigenvalue weighted by molar-refractivity contribution is 0.112. The second-order valence-corrected chi connectivity index (χ2v) is 7.07. The van der Waals surface area contributed by atoms with Crippen LogP contribution < -0.4 is 10.4 Å². The zero-order valence-electron chi connectivity index (χ0n) is 12.1. The van der Waals surface area contributed by atoms with E-state index in [-0.39, 0.29) is 0 Å². The van der Waals surface area contributed by atoms with Crippen molar-refractivity contribution >= 4 is 26.2 Å². The summed E-state index contributed by atoms with van der Waals surface area (Å²) in [6.45, 7) is 8.46. The number of rotatable bonds is 3. The fourth-order valence-corrected chi connectivity index (χ4v) is 4.61. The monoisotopic (exact) mass is 268 g/mol. The van der Waals surface area contributed by atoms with Gasteiger partial charge in [0, 0.05) is 5.56 Å². The minimum atomic E-state index is -0.606. The lowest BCUT2D eigenvalue weighted by Gasteiger charge is -2.13. The van der Waals surface area contributed by atoms with Crippen LogP contribution in [-0.4, -0.2) is 15.8 Å².